The average Bonchev–Trinajstić information content (AvgIpc) is 2.75. The highest BCUT2D eigenvalue weighted by atomic mass is 16.5. The summed E-state index contributed by atoms with van der Waals surface area (Å²) in [7, 11) is 1.67. The van der Waals surface area contributed by atoms with Gasteiger partial charge in [0.2, 0.25) is 5.91 Å². The summed E-state index contributed by atoms with van der Waals surface area (Å²) in [4.78, 5) is 14.4. The average molecular weight is 290 g/mol. The first kappa shape index (κ1) is 15.8. The molecule has 1 N–H and O–H groups in total. The third-order valence-electron chi connectivity index (χ3n) is 4.43. The van der Waals surface area contributed by atoms with Crippen molar-refractivity contribution in [3.8, 4) is 5.75 Å². The molecule has 1 fully saturated rings. The van der Waals surface area contributed by atoms with E-state index < -0.39 is 0 Å². The number of para-hydroxylation sites is 1. The van der Waals surface area contributed by atoms with Gasteiger partial charge in [-0.15, -0.1) is 0 Å². The fourth-order valence-corrected chi connectivity index (χ4v) is 2.64. The van der Waals surface area contributed by atoms with Crippen molar-refractivity contribution < 1.29 is 9.53 Å². The van der Waals surface area contributed by atoms with Gasteiger partial charge >= 0.3 is 0 Å². The number of hydrogen-bond acceptors (Lipinski definition) is 3. The van der Waals surface area contributed by atoms with Gasteiger partial charge in [-0.1, -0.05) is 39.0 Å². The van der Waals surface area contributed by atoms with E-state index in [1.54, 1.807) is 7.11 Å². The quantitative estimate of drug-likeness (QED) is 0.906. The lowest BCUT2D eigenvalue weighted by atomic mass is 9.97. The van der Waals surface area contributed by atoms with E-state index in [-0.39, 0.29) is 18.1 Å². The number of nitrogens with one attached hydrogen (secondary N) is 1. The summed E-state index contributed by atoms with van der Waals surface area (Å²) in [6, 6.07) is 7.74. The van der Waals surface area contributed by atoms with E-state index >= 15 is 0 Å². The molecule has 0 saturated carbocycles. The van der Waals surface area contributed by atoms with Crippen LogP contribution in [0.2, 0.25) is 0 Å². The second-order valence-corrected chi connectivity index (χ2v) is 6.24. The number of carbonyl (C=O) groups is 1. The van der Waals surface area contributed by atoms with Gasteiger partial charge < -0.3 is 9.64 Å². The minimum absolute atomic E-state index is 0.107. The van der Waals surface area contributed by atoms with Crippen molar-refractivity contribution in [2.24, 2.45) is 11.8 Å². The summed E-state index contributed by atoms with van der Waals surface area (Å²) < 4.78 is 5.45. The Balaban J connectivity index is 2.29. The molecule has 1 aliphatic rings. The molecule has 1 amide bonds. The van der Waals surface area contributed by atoms with E-state index in [9.17, 15) is 4.79 Å². The van der Waals surface area contributed by atoms with Crippen molar-refractivity contribution in [2.75, 3.05) is 13.7 Å². The van der Waals surface area contributed by atoms with Gasteiger partial charge in [0.25, 0.3) is 0 Å². The van der Waals surface area contributed by atoms with Gasteiger partial charge in [0.1, 0.15) is 11.9 Å². The molecule has 2 rings (SSSR count). The van der Waals surface area contributed by atoms with Crippen molar-refractivity contribution in [1.82, 2.24) is 10.2 Å². The van der Waals surface area contributed by atoms with Crippen LogP contribution >= 0.6 is 0 Å². The van der Waals surface area contributed by atoms with Crippen molar-refractivity contribution in [2.45, 2.75) is 39.9 Å². The highest BCUT2D eigenvalue weighted by Crippen LogP contribution is 2.32. The first-order chi connectivity index (χ1) is 9.95. The molecule has 1 heterocycles. The molecule has 3 unspecified atom stereocenters. The van der Waals surface area contributed by atoms with Gasteiger partial charge in [0, 0.05) is 12.1 Å². The van der Waals surface area contributed by atoms with Gasteiger partial charge in [-0.05, 0) is 24.8 Å². The number of carbonyl (C=O) groups excluding carboxylic acids is 1. The lowest BCUT2D eigenvalue weighted by Gasteiger charge is -2.29. The van der Waals surface area contributed by atoms with Crippen molar-refractivity contribution in [3.63, 3.8) is 0 Å². The third-order valence-corrected chi connectivity index (χ3v) is 4.43. The van der Waals surface area contributed by atoms with Crippen LogP contribution < -0.4 is 10.1 Å². The fourth-order valence-electron chi connectivity index (χ4n) is 2.64. The van der Waals surface area contributed by atoms with Crippen LogP contribution in [0.1, 0.15) is 39.4 Å². The first-order valence-electron chi connectivity index (χ1n) is 7.65. The summed E-state index contributed by atoms with van der Waals surface area (Å²) in [5.74, 6) is 1.99. The maximum atomic E-state index is 12.5. The second-order valence-electron chi connectivity index (χ2n) is 6.24. The minimum Gasteiger partial charge on any atom is -0.496 e. The Labute approximate surface area is 127 Å². The van der Waals surface area contributed by atoms with E-state index in [0.717, 1.165) is 17.9 Å². The Morgan fingerprint density at radius 3 is 2.57 bits per heavy atom. The van der Waals surface area contributed by atoms with E-state index in [4.69, 9.17) is 4.74 Å². The van der Waals surface area contributed by atoms with E-state index in [2.05, 4.69) is 26.1 Å². The van der Waals surface area contributed by atoms with Crippen LogP contribution in [0.4, 0.5) is 0 Å². The van der Waals surface area contributed by atoms with Gasteiger partial charge in [-0.25, -0.2) is 0 Å². The maximum absolute atomic E-state index is 12.5. The predicted molar refractivity (Wildman–Crippen MR) is 84.0 cm³/mol. The normalized spacial score (nSPS) is 23.7. The number of methoxy groups -OCH3 is 1. The lowest BCUT2D eigenvalue weighted by Crippen LogP contribution is -2.35. The molecule has 0 spiro atoms. The topological polar surface area (TPSA) is 41.6 Å². The zero-order valence-electron chi connectivity index (χ0n) is 13.6. The molecular weight excluding hydrogens is 264 g/mol. The fraction of sp³-hybridized carbons (Fsp3) is 0.588. The number of benzene rings is 1. The van der Waals surface area contributed by atoms with Crippen LogP contribution in [0.25, 0.3) is 0 Å². The Morgan fingerprint density at radius 1 is 1.29 bits per heavy atom. The number of nitrogens with zero attached hydrogens (tertiary/aromatic N) is 1. The summed E-state index contributed by atoms with van der Waals surface area (Å²) in [6.07, 6.45) is -0.107. The molecule has 0 bridgehead atoms. The van der Waals surface area contributed by atoms with E-state index in [1.165, 1.54) is 0 Å². The Bertz CT molecular complexity index is 501. The molecule has 1 aromatic carbocycles. The molecule has 1 saturated heterocycles. The maximum Gasteiger partial charge on any atom is 0.241 e. The van der Waals surface area contributed by atoms with Crippen LogP contribution in [-0.4, -0.2) is 30.5 Å². The number of hydrogen-bond donors (Lipinski definition) is 1. The molecule has 1 aliphatic heterocycles. The Kier molecular flexibility index (Phi) is 4.88. The summed E-state index contributed by atoms with van der Waals surface area (Å²) >= 11 is 0. The molecule has 3 atom stereocenters. The highest BCUT2D eigenvalue weighted by Gasteiger charge is 2.38. The number of ether oxygens (including phenoxy) is 1. The molecule has 116 valence electrons. The number of amides is 1. The van der Waals surface area contributed by atoms with Crippen LogP contribution in [0.15, 0.2) is 24.3 Å². The third kappa shape index (κ3) is 3.21. The molecule has 1 aromatic rings. The zero-order chi connectivity index (χ0) is 15.6. The molecular formula is C17H26N2O2. The van der Waals surface area contributed by atoms with E-state index in [1.807, 2.05) is 36.1 Å². The van der Waals surface area contributed by atoms with Gasteiger partial charge in [0.15, 0.2) is 0 Å². The molecule has 4 heteroatoms. The highest BCUT2D eigenvalue weighted by molar-refractivity contribution is 5.84. The van der Waals surface area contributed by atoms with Crippen molar-refractivity contribution in [1.29, 1.82) is 0 Å². The zero-order valence-corrected chi connectivity index (χ0v) is 13.6. The smallest absolute Gasteiger partial charge is 0.241 e. The lowest BCUT2D eigenvalue weighted by molar-refractivity contribution is -0.130. The van der Waals surface area contributed by atoms with Gasteiger partial charge in [-0.2, -0.15) is 0 Å². The number of rotatable bonds is 5. The first-order valence-corrected chi connectivity index (χ1v) is 7.65. The summed E-state index contributed by atoms with van der Waals surface area (Å²) in [5, 5.41) is 3.39. The molecule has 0 aromatic heterocycles. The monoisotopic (exact) mass is 290 g/mol. The van der Waals surface area contributed by atoms with Crippen LogP contribution in [0.3, 0.4) is 0 Å². The predicted octanol–water partition coefficient (Wildman–Crippen LogP) is 2.81. The SMILES string of the molecule is COc1ccccc1C1NC(C)C(=O)N1CC(C)C(C)C. The van der Waals surface area contributed by atoms with E-state index in [0.29, 0.717) is 11.8 Å². The largest absolute Gasteiger partial charge is 0.496 e. The van der Waals surface area contributed by atoms with Crippen molar-refractivity contribution >= 4 is 5.91 Å². The van der Waals surface area contributed by atoms with Crippen LogP contribution in [0, 0.1) is 11.8 Å². The molecule has 21 heavy (non-hydrogen) atoms. The standard InChI is InChI=1S/C17H26N2O2/c1-11(2)12(3)10-19-16(18-13(4)17(19)20)14-8-6-7-9-15(14)21-5/h6-9,11-13,16,18H,10H2,1-5H3. The summed E-state index contributed by atoms with van der Waals surface area (Å²) in [5.41, 5.74) is 1.02. The Hall–Kier alpha value is -1.55. The molecule has 0 aliphatic carbocycles. The van der Waals surface area contributed by atoms with Crippen LogP contribution in [0.5, 0.6) is 5.75 Å². The second kappa shape index (κ2) is 6.48. The minimum atomic E-state index is -0.153. The summed E-state index contributed by atoms with van der Waals surface area (Å²) in [6.45, 7) is 9.27. The van der Waals surface area contributed by atoms with Crippen molar-refractivity contribution in [3.05, 3.63) is 29.8 Å². The van der Waals surface area contributed by atoms with Gasteiger partial charge in [0.05, 0.1) is 13.2 Å². The van der Waals surface area contributed by atoms with Crippen LogP contribution in [-0.2, 0) is 4.79 Å². The van der Waals surface area contributed by atoms with Gasteiger partial charge in [-0.3, -0.25) is 10.1 Å². The molecule has 4 nitrogen and oxygen atoms in total. The Morgan fingerprint density at radius 2 is 1.95 bits per heavy atom. The molecule has 0 radical (unpaired) electrons.